The maximum atomic E-state index is 11.2. The maximum Gasteiger partial charge on any atom is 0.159 e. The average Bonchev–Trinajstić information content (AvgIpc) is 2.54. The van der Waals surface area contributed by atoms with E-state index in [9.17, 15) is 4.79 Å². The van der Waals surface area contributed by atoms with Gasteiger partial charge in [0.1, 0.15) is 6.61 Å². The molecule has 0 spiro atoms. The Bertz CT molecular complexity index is 447. The van der Waals surface area contributed by atoms with Gasteiger partial charge in [-0.3, -0.25) is 4.79 Å². The Kier molecular flexibility index (Phi) is 7.03. The third-order valence-electron chi connectivity index (χ3n) is 4.34. The number of methoxy groups -OCH3 is 1. The van der Waals surface area contributed by atoms with E-state index in [0.29, 0.717) is 25.0 Å². The summed E-state index contributed by atoms with van der Waals surface area (Å²) in [4.78, 5) is 21.8. The van der Waals surface area contributed by atoms with Crippen molar-refractivity contribution in [2.24, 2.45) is 11.8 Å². The molecule has 2 rings (SSSR count). The van der Waals surface area contributed by atoms with Crippen LogP contribution in [0.2, 0.25) is 0 Å². The molecule has 1 aliphatic rings. The molecule has 0 N–H and O–H groups in total. The van der Waals surface area contributed by atoms with Crippen molar-refractivity contribution in [1.29, 1.82) is 0 Å². The summed E-state index contributed by atoms with van der Waals surface area (Å²) in [5.74, 6) is 1.38. The molecule has 0 radical (unpaired) electrons. The molecule has 1 aromatic rings. The van der Waals surface area contributed by atoms with Gasteiger partial charge in [-0.05, 0) is 50.0 Å². The molecule has 1 saturated carbocycles. The lowest BCUT2D eigenvalue weighted by molar-refractivity contribution is -0.311. The van der Waals surface area contributed by atoms with E-state index in [4.69, 9.17) is 14.5 Å². The summed E-state index contributed by atoms with van der Waals surface area (Å²) < 4.78 is 5.21. The predicted octanol–water partition coefficient (Wildman–Crippen LogP) is 3.79. The van der Waals surface area contributed by atoms with E-state index in [1.54, 1.807) is 14.0 Å². The first-order valence-electron chi connectivity index (χ1n) is 8.02. The summed E-state index contributed by atoms with van der Waals surface area (Å²) in [6.07, 6.45) is 4.80. The number of hydrogen-bond donors (Lipinski definition) is 0. The van der Waals surface area contributed by atoms with E-state index in [-0.39, 0.29) is 5.78 Å². The molecule has 1 aromatic carbocycles. The lowest BCUT2D eigenvalue weighted by atomic mass is 9.83. The Morgan fingerprint density at radius 2 is 1.59 bits per heavy atom. The molecule has 0 unspecified atom stereocenters. The van der Waals surface area contributed by atoms with Crippen LogP contribution in [0, 0.1) is 11.8 Å². The average molecular weight is 306 g/mol. The van der Waals surface area contributed by atoms with E-state index >= 15 is 0 Å². The molecule has 0 bridgehead atoms. The van der Waals surface area contributed by atoms with Gasteiger partial charge in [0.2, 0.25) is 0 Å². The monoisotopic (exact) mass is 306 g/mol. The second-order valence-corrected chi connectivity index (χ2v) is 6.14. The second kappa shape index (κ2) is 9.03. The fourth-order valence-corrected chi connectivity index (χ4v) is 2.89. The first-order valence-corrected chi connectivity index (χ1v) is 8.02. The van der Waals surface area contributed by atoms with Crippen molar-refractivity contribution in [3.05, 3.63) is 35.4 Å². The number of ether oxygens (including phenoxy) is 1. The highest BCUT2D eigenvalue weighted by Gasteiger charge is 2.21. The summed E-state index contributed by atoms with van der Waals surface area (Å²) in [6.45, 7) is 3.51. The number of benzene rings is 1. The topological polar surface area (TPSA) is 44.8 Å². The van der Waals surface area contributed by atoms with Crippen LogP contribution in [0.1, 0.15) is 48.5 Å². The van der Waals surface area contributed by atoms with Crippen LogP contribution in [-0.4, -0.2) is 26.1 Å². The second-order valence-electron chi connectivity index (χ2n) is 6.14. The third kappa shape index (κ3) is 5.52. The van der Waals surface area contributed by atoms with Crippen molar-refractivity contribution in [2.75, 3.05) is 20.3 Å². The van der Waals surface area contributed by atoms with Gasteiger partial charge in [-0.15, -0.1) is 0 Å². The van der Waals surface area contributed by atoms with Crippen LogP contribution in [0.25, 0.3) is 0 Å². The Labute approximate surface area is 132 Å². The molecule has 4 nitrogen and oxygen atoms in total. The van der Waals surface area contributed by atoms with Crippen LogP contribution in [0.15, 0.2) is 24.3 Å². The summed E-state index contributed by atoms with van der Waals surface area (Å²) in [6, 6.07) is 7.43. The number of Topliss-reactive ketones (excluding diaryl/α,β-unsaturated/α-hetero) is 1. The lowest BCUT2D eigenvalue weighted by Crippen LogP contribution is -2.21. The van der Waals surface area contributed by atoms with Crippen molar-refractivity contribution in [3.63, 3.8) is 0 Å². The van der Waals surface area contributed by atoms with Crippen LogP contribution < -0.4 is 0 Å². The van der Waals surface area contributed by atoms with Crippen LogP contribution in [0.3, 0.4) is 0 Å². The van der Waals surface area contributed by atoms with Crippen molar-refractivity contribution >= 4 is 5.78 Å². The molecule has 0 aromatic heterocycles. The van der Waals surface area contributed by atoms with Crippen LogP contribution in [0.4, 0.5) is 0 Å². The molecule has 0 saturated heterocycles. The van der Waals surface area contributed by atoms with E-state index in [0.717, 1.165) is 17.7 Å². The van der Waals surface area contributed by atoms with Crippen LogP contribution in [-0.2, 0) is 21.1 Å². The Morgan fingerprint density at radius 1 is 1.00 bits per heavy atom. The summed E-state index contributed by atoms with van der Waals surface area (Å²) in [5.41, 5.74) is 1.73. The Morgan fingerprint density at radius 3 is 2.14 bits per heavy atom. The molecule has 1 aliphatic carbocycles. The Balaban J connectivity index is 1.60. The fraction of sp³-hybridized carbons (Fsp3) is 0.611. The predicted molar refractivity (Wildman–Crippen MR) is 84.5 cm³/mol. The van der Waals surface area contributed by atoms with Crippen molar-refractivity contribution in [2.45, 2.75) is 39.2 Å². The van der Waals surface area contributed by atoms with Gasteiger partial charge < -0.3 is 4.74 Å². The first-order chi connectivity index (χ1) is 10.7. The number of rotatable bonds is 8. The summed E-state index contributed by atoms with van der Waals surface area (Å²) >= 11 is 0. The zero-order valence-electron chi connectivity index (χ0n) is 13.5. The third-order valence-corrected chi connectivity index (χ3v) is 4.34. The quantitative estimate of drug-likeness (QED) is 0.317. The number of hydrogen-bond acceptors (Lipinski definition) is 4. The van der Waals surface area contributed by atoms with E-state index in [1.165, 1.54) is 25.7 Å². The molecule has 0 amide bonds. The van der Waals surface area contributed by atoms with Crippen molar-refractivity contribution in [1.82, 2.24) is 0 Å². The minimum atomic E-state index is 0.0767. The Hall–Kier alpha value is -1.23. The van der Waals surface area contributed by atoms with E-state index in [2.05, 4.69) is 0 Å². The van der Waals surface area contributed by atoms with E-state index < -0.39 is 0 Å². The minimum Gasteiger partial charge on any atom is -0.384 e. The molecule has 0 atom stereocenters. The zero-order valence-corrected chi connectivity index (χ0v) is 13.5. The standard InChI is InChI=1S/C18H26O4/c1-14(19)18-9-7-17(8-10-18)13-22-21-12-16-5-3-15(4-6-16)11-20-2/h7-10,15-16H,3-6,11-13H2,1-2H3. The van der Waals surface area contributed by atoms with Crippen molar-refractivity contribution < 1.29 is 19.3 Å². The normalized spacial score (nSPS) is 21.7. The lowest BCUT2D eigenvalue weighted by Gasteiger charge is -2.27. The van der Waals surface area contributed by atoms with E-state index in [1.807, 2.05) is 24.3 Å². The fourth-order valence-electron chi connectivity index (χ4n) is 2.89. The SMILES string of the molecule is COCC1CCC(COOCc2ccc(C(C)=O)cc2)CC1. The van der Waals surface area contributed by atoms with Crippen LogP contribution in [0.5, 0.6) is 0 Å². The molecule has 22 heavy (non-hydrogen) atoms. The molecule has 4 heteroatoms. The highest BCUT2D eigenvalue weighted by Crippen LogP contribution is 2.29. The van der Waals surface area contributed by atoms with Gasteiger partial charge in [0.05, 0.1) is 6.61 Å². The molecule has 1 fully saturated rings. The highest BCUT2D eigenvalue weighted by molar-refractivity contribution is 5.93. The summed E-state index contributed by atoms with van der Waals surface area (Å²) in [5, 5.41) is 0. The van der Waals surface area contributed by atoms with Crippen molar-refractivity contribution in [3.8, 4) is 0 Å². The maximum absolute atomic E-state index is 11.2. The molecule has 0 aliphatic heterocycles. The number of ketones is 1. The molecule has 122 valence electrons. The van der Waals surface area contributed by atoms with Gasteiger partial charge in [-0.1, -0.05) is 24.3 Å². The smallest absolute Gasteiger partial charge is 0.159 e. The highest BCUT2D eigenvalue weighted by atomic mass is 17.2. The van der Waals surface area contributed by atoms with Gasteiger partial charge in [0, 0.05) is 19.3 Å². The number of carbonyl (C=O) groups is 1. The van der Waals surface area contributed by atoms with Gasteiger partial charge in [-0.2, -0.15) is 0 Å². The first kappa shape index (κ1) is 17.1. The minimum absolute atomic E-state index is 0.0767. The van der Waals surface area contributed by atoms with Gasteiger partial charge in [-0.25, -0.2) is 9.78 Å². The van der Waals surface area contributed by atoms with Gasteiger partial charge >= 0.3 is 0 Å². The molecular formula is C18H26O4. The molecule has 0 heterocycles. The zero-order chi connectivity index (χ0) is 15.8. The largest absolute Gasteiger partial charge is 0.384 e. The van der Waals surface area contributed by atoms with Crippen LogP contribution >= 0.6 is 0 Å². The number of carbonyl (C=O) groups excluding carboxylic acids is 1. The summed E-state index contributed by atoms with van der Waals surface area (Å²) in [7, 11) is 1.77. The molecular weight excluding hydrogens is 280 g/mol. The van der Waals surface area contributed by atoms with Gasteiger partial charge in [0.15, 0.2) is 5.78 Å². The van der Waals surface area contributed by atoms with Gasteiger partial charge in [0.25, 0.3) is 0 Å².